The zero-order valence-electron chi connectivity index (χ0n) is 15.6. The molecule has 1 N–H and O–H groups in total. The van der Waals surface area contributed by atoms with E-state index in [1.807, 2.05) is 61.8 Å². The molecule has 134 valence electrons. The quantitative estimate of drug-likeness (QED) is 0.866. The lowest BCUT2D eigenvalue weighted by atomic mass is 9.94. The fourth-order valence-corrected chi connectivity index (χ4v) is 3.51. The molecule has 1 saturated heterocycles. The highest BCUT2D eigenvalue weighted by molar-refractivity contribution is 6.08. The first-order chi connectivity index (χ1) is 11.8. The van der Waals surface area contributed by atoms with Gasteiger partial charge in [0.15, 0.2) is 0 Å². The van der Waals surface area contributed by atoms with Crippen LogP contribution in [0.25, 0.3) is 10.9 Å². The zero-order chi connectivity index (χ0) is 18.2. The largest absolute Gasteiger partial charge is 0.358 e. The number of fused-ring (bicyclic) bond motifs is 1. The Morgan fingerprint density at radius 3 is 2.36 bits per heavy atom. The number of benzene rings is 1. The lowest BCUT2D eigenvalue weighted by molar-refractivity contribution is -0.139. The smallest absolute Gasteiger partial charge is 0.256 e. The molecule has 25 heavy (non-hydrogen) atoms. The normalized spacial score (nSPS) is 16.2. The third-order valence-electron chi connectivity index (χ3n) is 4.82. The number of hydrogen-bond acceptors (Lipinski definition) is 2. The zero-order valence-corrected chi connectivity index (χ0v) is 15.6. The molecule has 5 nitrogen and oxygen atoms in total. The number of aryl methyl sites for hydroxylation is 1. The summed E-state index contributed by atoms with van der Waals surface area (Å²) in [5.41, 5.74) is 2.26. The number of nitrogens with zero attached hydrogens (tertiary/aromatic N) is 2. The molecular formula is C20H27N3O2. The van der Waals surface area contributed by atoms with Crippen molar-refractivity contribution in [3.63, 3.8) is 0 Å². The molecule has 5 heteroatoms. The van der Waals surface area contributed by atoms with Crippen LogP contribution in [-0.2, 0) is 4.79 Å². The van der Waals surface area contributed by atoms with Gasteiger partial charge in [-0.3, -0.25) is 9.59 Å². The average Bonchev–Trinajstić information content (AvgIpc) is 2.73. The maximum absolute atomic E-state index is 13.1. The number of hydrogen-bond donors (Lipinski definition) is 1. The van der Waals surface area contributed by atoms with Gasteiger partial charge >= 0.3 is 0 Å². The Morgan fingerprint density at radius 1 is 1.00 bits per heavy atom. The predicted octanol–water partition coefficient (Wildman–Crippen LogP) is 3.20. The van der Waals surface area contributed by atoms with Gasteiger partial charge in [-0.25, -0.2) is 0 Å². The highest BCUT2D eigenvalue weighted by Crippen LogP contribution is 2.24. The summed E-state index contributed by atoms with van der Waals surface area (Å²) >= 11 is 0. The lowest BCUT2D eigenvalue weighted by Crippen LogP contribution is -2.42. The standard InChI is InChI=1S/C20H27N3O2/c1-14-17(15-8-5-6-9-16(15)21-14)18(24)22-10-7-11-23(13-12-22)19(25)20(2,3)4/h5-6,8-9,21H,7,10-13H2,1-4H3. The minimum Gasteiger partial charge on any atom is -0.358 e. The van der Waals surface area contributed by atoms with Crippen LogP contribution < -0.4 is 0 Å². The van der Waals surface area contributed by atoms with E-state index < -0.39 is 0 Å². The van der Waals surface area contributed by atoms with Crippen molar-refractivity contribution in [2.75, 3.05) is 26.2 Å². The van der Waals surface area contributed by atoms with Crippen molar-refractivity contribution in [1.29, 1.82) is 0 Å². The molecule has 0 aliphatic carbocycles. The van der Waals surface area contributed by atoms with Crippen molar-refractivity contribution in [3.05, 3.63) is 35.5 Å². The average molecular weight is 341 g/mol. The minimum atomic E-state index is -0.382. The number of rotatable bonds is 1. The molecule has 0 radical (unpaired) electrons. The highest BCUT2D eigenvalue weighted by atomic mass is 16.2. The van der Waals surface area contributed by atoms with E-state index in [1.54, 1.807) is 0 Å². The van der Waals surface area contributed by atoms with Gasteiger partial charge in [-0.15, -0.1) is 0 Å². The van der Waals surface area contributed by atoms with E-state index in [2.05, 4.69) is 4.98 Å². The third kappa shape index (κ3) is 3.41. The first-order valence-electron chi connectivity index (χ1n) is 8.95. The molecule has 0 atom stereocenters. The van der Waals surface area contributed by atoms with Crippen molar-refractivity contribution in [2.24, 2.45) is 5.41 Å². The van der Waals surface area contributed by atoms with Crippen molar-refractivity contribution < 1.29 is 9.59 Å². The summed E-state index contributed by atoms with van der Waals surface area (Å²) in [4.78, 5) is 32.7. The van der Waals surface area contributed by atoms with E-state index in [0.29, 0.717) is 26.2 Å². The molecule has 1 aliphatic rings. The molecule has 2 aromatic rings. The second-order valence-corrected chi connectivity index (χ2v) is 7.86. The summed E-state index contributed by atoms with van der Waals surface area (Å²) in [5, 5.41) is 0.969. The van der Waals surface area contributed by atoms with Crippen LogP contribution in [-0.4, -0.2) is 52.8 Å². The minimum absolute atomic E-state index is 0.0556. The fraction of sp³-hybridized carbons (Fsp3) is 0.500. The van der Waals surface area contributed by atoms with Crippen LogP contribution in [0.4, 0.5) is 0 Å². The van der Waals surface area contributed by atoms with Gasteiger partial charge in [0.05, 0.1) is 5.56 Å². The monoisotopic (exact) mass is 341 g/mol. The second kappa shape index (κ2) is 6.54. The van der Waals surface area contributed by atoms with Crippen LogP contribution in [0.3, 0.4) is 0 Å². The Kier molecular flexibility index (Phi) is 4.58. The van der Waals surface area contributed by atoms with Crippen LogP contribution in [0, 0.1) is 12.3 Å². The van der Waals surface area contributed by atoms with E-state index in [-0.39, 0.29) is 17.2 Å². The molecule has 0 spiro atoms. The van der Waals surface area contributed by atoms with E-state index in [1.165, 1.54) is 0 Å². The molecule has 1 aliphatic heterocycles. The third-order valence-corrected chi connectivity index (χ3v) is 4.82. The first-order valence-corrected chi connectivity index (χ1v) is 8.95. The molecule has 2 amide bonds. The van der Waals surface area contributed by atoms with E-state index in [4.69, 9.17) is 0 Å². The van der Waals surface area contributed by atoms with E-state index in [0.717, 1.165) is 28.6 Å². The maximum atomic E-state index is 13.1. The topological polar surface area (TPSA) is 56.4 Å². The summed E-state index contributed by atoms with van der Waals surface area (Å²) in [6.07, 6.45) is 0.814. The molecule has 1 aromatic carbocycles. The summed E-state index contributed by atoms with van der Waals surface area (Å²) < 4.78 is 0. The van der Waals surface area contributed by atoms with Gasteiger partial charge in [0.25, 0.3) is 5.91 Å². The van der Waals surface area contributed by atoms with Gasteiger partial charge in [0.2, 0.25) is 5.91 Å². The molecule has 1 fully saturated rings. The van der Waals surface area contributed by atoms with Crippen LogP contribution in [0.15, 0.2) is 24.3 Å². The van der Waals surface area contributed by atoms with Gasteiger partial charge in [-0.05, 0) is 19.4 Å². The summed E-state index contributed by atoms with van der Waals surface area (Å²) in [7, 11) is 0. The number of aromatic amines is 1. The van der Waals surface area contributed by atoms with Gasteiger partial charge in [-0.2, -0.15) is 0 Å². The van der Waals surface area contributed by atoms with E-state index >= 15 is 0 Å². The molecule has 2 heterocycles. The molecule has 0 unspecified atom stereocenters. The van der Waals surface area contributed by atoms with Crippen molar-refractivity contribution in [1.82, 2.24) is 14.8 Å². The second-order valence-electron chi connectivity index (χ2n) is 7.86. The Labute approximate surface area is 149 Å². The van der Waals surface area contributed by atoms with Crippen molar-refractivity contribution in [2.45, 2.75) is 34.1 Å². The fourth-order valence-electron chi connectivity index (χ4n) is 3.51. The van der Waals surface area contributed by atoms with Crippen molar-refractivity contribution >= 4 is 22.7 Å². The summed E-state index contributed by atoms with van der Waals surface area (Å²) in [6.45, 7) is 10.4. The van der Waals surface area contributed by atoms with Crippen molar-refractivity contribution in [3.8, 4) is 0 Å². The summed E-state index contributed by atoms with van der Waals surface area (Å²) in [6, 6.07) is 7.90. The molecule has 1 aromatic heterocycles. The van der Waals surface area contributed by atoms with Crippen LogP contribution in [0.1, 0.15) is 43.2 Å². The molecule has 0 bridgehead atoms. The number of carbonyl (C=O) groups is 2. The lowest BCUT2D eigenvalue weighted by Gasteiger charge is -2.28. The predicted molar refractivity (Wildman–Crippen MR) is 99.6 cm³/mol. The summed E-state index contributed by atoms with van der Waals surface area (Å²) in [5.74, 6) is 0.213. The van der Waals surface area contributed by atoms with Crippen LogP contribution >= 0.6 is 0 Å². The molecular weight excluding hydrogens is 314 g/mol. The molecule has 0 saturated carbocycles. The highest BCUT2D eigenvalue weighted by Gasteiger charge is 2.30. The first kappa shape index (κ1) is 17.5. The Hall–Kier alpha value is -2.30. The van der Waals surface area contributed by atoms with Crippen LogP contribution in [0.2, 0.25) is 0 Å². The van der Waals surface area contributed by atoms with Gasteiger partial charge in [0.1, 0.15) is 0 Å². The number of amides is 2. The number of aromatic nitrogens is 1. The Morgan fingerprint density at radius 2 is 1.64 bits per heavy atom. The van der Waals surface area contributed by atoms with E-state index in [9.17, 15) is 9.59 Å². The van der Waals surface area contributed by atoms with Gasteiger partial charge < -0.3 is 14.8 Å². The van der Waals surface area contributed by atoms with Gasteiger partial charge in [0, 0.05) is 48.2 Å². The number of H-pyrrole nitrogens is 1. The molecule has 3 rings (SSSR count). The number of carbonyl (C=O) groups excluding carboxylic acids is 2. The number of para-hydroxylation sites is 1. The Balaban J connectivity index is 1.79. The maximum Gasteiger partial charge on any atom is 0.256 e. The van der Waals surface area contributed by atoms with Crippen LogP contribution in [0.5, 0.6) is 0 Å². The van der Waals surface area contributed by atoms with Gasteiger partial charge in [-0.1, -0.05) is 39.0 Å². The number of nitrogens with one attached hydrogen (secondary N) is 1. The SMILES string of the molecule is Cc1[nH]c2ccccc2c1C(=O)N1CCCN(C(=O)C(C)(C)C)CC1. The Bertz CT molecular complexity index is 801.